The van der Waals surface area contributed by atoms with Gasteiger partial charge in [-0.15, -0.1) is 0 Å². The van der Waals surface area contributed by atoms with E-state index in [1.54, 1.807) is 11.8 Å². The molecule has 0 saturated carbocycles. The minimum atomic E-state index is -4.52. The lowest BCUT2D eigenvalue weighted by molar-refractivity contribution is -0.140. The number of carboxylic acids is 1. The van der Waals surface area contributed by atoms with Crippen LogP contribution in [-0.4, -0.2) is 46.0 Å². The first-order chi connectivity index (χ1) is 10.8. The summed E-state index contributed by atoms with van der Waals surface area (Å²) in [5.41, 5.74) is -0.910. The van der Waals surface area contributed by atoms with Crippen molar-refractivity contribution in [1.82, 2.24) is 4.90 Å². The predicted octanol–water partition coefficient (Wildman–Crippen LogP) is 2.67. The second-order valence-corrected chi connectivity index (χ2v) is 6.40. The number of thioether (sulfide) groups is 1. The largest absolute Gasteiger partial charge is 0.481 e. The maximum absolute atomic E-state index is 13.0. The second-order valence-electron chi connectivity index (χ2n) is 5.25. The van der Waals surface area contributed by atoms with E-state index in [0.717, 1.165) is 6.07 Å². The van der Waals surface area contributed by atoms with Gasteiger partial charge in [0.1, 0.15) is 0 Å². The molecule has 1 atom stereocenters. The molecule has 1 unspecified atom stereocenters. The van der Waals surface area contributed by atoms with Gasteiger partial charge in [-0.3, -0.25) is 9.59 Å². The van der Waals surface area contributed by atoms with Crippen molar-refractivity contribution < 1.29 is 27.9 Å². The number of hydrogen-bond donors (Lipinski definition) is 1. The number of carboxylic acid groups (broad SMARTS) is 1. The maximum atomic E-state index is 13.0. The van der Waals surface area contributed by atoms with Gasteiger partial charge in [-0.25, -0.2) is 0 Å². The fourth-order valence-corrected chi connectivity index (χ4v) is 3.63. The number of carbonyl (C=O) groups excluding carboxylic acids is 1. The quantitative estimate of drug-likeness (QED) is 0.910. The summed E-state index contributed by atoms with van der Waals surface area (Å²) in [7, 11) is 0. The Labute approximate surface area is 135 Å². The van der Waals surface area contributed by atoms with Crippen molar-refractivity contribution in [2.75, 3.05) is 18.1 Å². The van der Waals surface area contributed by atoms with Crippen molar-refractivity contribution in [3.63, 3.8) is 0 Å². The van der Waals surface area contributed by atoms with Crippen LogP contribution in [0, 0.1) is 0 Å². The Morgan fingerprint density at radius 3 is 2.65 bits per heavy atom. The molecule has 0 spiro atoms. The standard InChI is InChI=1S/C15H16F3NO3S/c16-15(17,18)12-4-2-1-3-10(12)7-13(20)19-5-6-23-9-11(19)8-14(21)22/h1-4,11H,5-9H2,(H,21,22). The molecule has 1 aromatic rings. The van der Waals surface area contributed by atoms with Crippen LogP contribution in [0.1, 0.15) is 17.5 Å². The summed E-state index contributed by atoms with van der Waals surface area (Å²) < 4.78 is 39.0. The summed E-state index contributed by atoms with van der Waals surface area (Å²) in [5.74, 6) is -0.346. The van der Waals surface area contributed by atoms with Crippen LogP contribution >= 0.6 is 11.8 Å². The monoisotopic (exact) mass is 347 g/mol. The fourth-order valence-electron chi connectivity index (χ4n) is 2.57. The van der Waals surface area contributed by atoms with Crippen LogP contribution in [0.4, 0.5) is 13.2 Å². The summed E-state index contributed by atoms with van der Waals surface area (Å²) in [4.78, 5) is 24.7. The van der Waals surface area contributed by atoms with E-state index >= 15 is 0 Å². The summed E-state index contributed by atoms with van der Waals surface area (Å²) in [6, 6.07) is 4.49. The van der Waals surface area contributed by atoms with Crippen LogP contribution in [-0.2, 0) is 22.2 Å². The van der Waals surface area contributed by atoms with E-state index in [-0.39, 0.29) is 18.4 Å². The molecular weight excluding hydrogens is 331 g/mol. The van der Waals surface area contributed by atoms with Gasteiger partial charge in [-0.1, -0.05) is 18.2 Å². The van der Waals surface area contributed by atoms with Crippen molar-refractivity contribution in [2.24, 2.45) is 0 Å². The van der Waals surface area contributed by atoms with Crippen molar-refractivity contribution in [1.29, 1.82) is 0 Å². The normalized spacial score (nSPS) is 18.7. The summed E-state index contributed by atoms with van der Waals surface area (Å²) >= 11 is 1.54. The van der Waals surface area contributed by atoms with Gasteiger partial charge in [0.15, 0.2) is 0 Å². The van der Waals surface area contributed by atoms with Gasteiger partial charge in [-0.05, 0) is 11.6 Å². The molecule has 1 N–H and O–H groups in total. The Morgan fingerprint density at radius 2 is 2.00 bits per heavy atom. The Morgan fingerprint density at radius 1 is 1.30 bits per heavy atom. The van der Waals surface area contributed by atoms with Gasteiger partial charge in [0, 0.05) is 18.1 Å². The summed E-state index contributed by atoms with van der Waals surface area (Å²) in [6.07, 6.45) is -5.09. The van der Waals surface area contributed by atoms with Crippen molar-refractivity contribution in [3.8, 4) is 0 Å². The van der Waals surface area contributed by atoms with Gasteiger partial charge in [-0.2, -0.15) is 24.9 Å². The maximum Gasteiger partial charge on any atom is 0.416 e. The molecule has 1 aliphatic rings. The van der Waals surface area contributed by atoms with Crippen LogP contribution in [0.3, 0.4) is 0 Å². The zero-order chi connectivity index (χ0) is 17.0. The minimum Gasteiger partial charge on any atom is -0.481 e. The number of hydrogen-bond acceptors (Lipinski definition) is 3. The third-order valence-electron chi connectivity index (χ3n) is 3.62. The van der Waals surface area contributed by atoms with Gasteiger partial charge in [0.05, 0.1) is 24.4 Å². The van der Waals surface area contributed by atoms with Gasteiger partial charge < -0.3 is 10.0 Å². The smallest absolute Gasteiger partial charge is 0.416 e. The van der Waals surface area contributed by atoms with E-state index in [9.17, 15) is 22.8 Å². The molecule has 4 nitrogen and oxygen atoms in total. The number of amides is 1. The van der Waals surface area contributed by atoms with Crippen molar-refractivity contribution in [2.45, 2.75) is 25.1 Å². The molecule has 0 aromatic heterocycles. The van der Waals surface area contributed by atoms with E-state index in [1.165, 1.54) is 23.1 Å². The number of benzene rings is 1. The molecular formula is C15H16F3NO3S. The zero-order valence-corrected chi connectivity index (χ0v) is 13.0. The van der Waals surface area contributed by atoms with E-state index in [4.69, 9.17) is 5.11 Å². The number of aliphatic carboxylic acids is 1. The molecule has 0 aliphatic carbocycles. The zero-order valence-electron chi connectivity index (χ0n) is 12.2. The van der Waals surface area contributed by atoms with Crippen LogP contribution in [0.25, 0.3) is 0 Å². The third kappa shape index (κ3) is 4.63. The number of alkyl halides is 3. The van der Waals surface area contributed by atoms with E-state index in [2.05, 4.69) is 0 Å². The average molecular weight is 347 g/mol. The Balaban J connectivity index is 2.16. The molecule has 1 saturated heterocycles. The lowest BCUT2D eigenvalue weighted by Gasteiger charge is -2.35. The lowest BCUT2D eigenvalue weighted by atomic mass is 10.0. The number of rotatable bonds is 4. The Bertz CT molecular complexity index is 592. The molecule has 1 fully saturated rings. The molecule has 0 radical (unpaired) electrons. The first kappa shape index (κ1) is 17.7. The van der Waals surface area contributed by atoms with Gasteiger partial charge in [0.2, 0.25) is 5.91 Å². The molecule has 1 aromatic carbocycles. The highest BCUT2D eigenvalue weighted by atomic mass is 32.2. The van der Waals surface area contributed by atoms with Crippen LogP contribution in [0.5, 0.6) is 0 Å². The molecule has 23 heavy (non-hydrogen) atoms. The molecule has 126 valence electrons. The number of nitrogens with zero attached hydrogens (tertiary/aromatic N) is 1. The van der Waals surface area contributed by atoms with Crippen LogP contribution < -0.4 is 0 Å². The first-order valence-corrected chi connectivity index (χ1v) is 8.18. The summed E-state index contributed by atoms with van der Waals surface area (Å²) in [6.45, 7) is 0.357. The minimum absolute atomic E-state index is 0.0858. The SMILES string of the molecule is O=C(O)CC1CSCCN1C(=O)Cc1ccccc1C(F)(F)F. The highest BCUT2D eigenvalue weighted by Gasteiger charge is 2.35. The van der Waals surface area contributed by atoms with Gasteiger partial charge in [0.25, 0.3) is 0 Å². The molecule has 1 aliphatic heterocycles. The number of carbonyl (C=O) groups is 2. The molecule has 0 bridgehead atoms. The highest BCUT2D eigenvalue weighted by Crippen LogP contribution is 2.32. The topological polar surface area (TPSA) is 57.6 Å². The Kier molecular flexibility index (Phi) is 5.56. The molecule has 1 heterocycles. The third-order valence-corrected chi connectivity index (χ3v) is 4.71. The Hall–Kier alpha value is -1.70. The van der Waals surface area contributed by atoms with Crippen LogP contribution in [0.15, 0.2) is 24.3 Å². The van der Waals surface area contributed by atoms with Gasteiger partial charge >= 0.3 is 12.1 Å². The summed E-state index contributed by atoms with van der Waals surface area (Å²) in [5, 5.41) is 8.91. The molecule has 8 heteroatoms. The van der Waals surface area contributed by atoms with Crippen molar-refractivity contribution >= 4 is 23.6 Å². The van der Waals surface area contributed by atoms with E-state index < -0.39 is 29.7 Å². The second kappa shape index (κ2) is 7.25. The predicted molar refractivity (Wildman–Crippen MR) is 80.2 cm³/mol. The molecule has 1 amide bonds. The van der Waals surface area contributed by atoms with Crippen molar-refractivity contribution in [3.05, 3.63) is 35.4 Å². The molecule has 2 rings (SSSR count). The highest BCUT2D eigenvalue weighted by molar-refractivity contribution is 7.99. The average Bonchev–Trinajstić information content (AvgIpc) is 2.46. The fraction of sp³-hybridized carbons (Fsp3) is 0.467. The number of halogens is 3. The van der Waals surface area contributed by atoms with E-state index in [0.29, 0.717) is 18.1 Å². The first-order valence-electron chi connectivity index (χ1n) is 7.03. The van der Waals surface area contributed by atoms with E-state index in [1.807, 2.05) is 0 Å². The lowest BCUT2D eigenvalue weighted by Crippen LogP contribution is -2.47. The van der Waals surface area contributed by atoms with Crippen LogP contribution in [0.2, 0.25) is 0 Å².